The van der Waals surface area contributed by atoms with E-state index in [0.29, 0.717) is 11.5 Å². The molecule has 17 heavy (non-hydrogen) atoms. The standard InChI is InChI=1S/C16H25N/c1-11-9-12(15(2,3)4)7-8-13(11)14-16(5,6)10-17-14/h7-9,14,17H,10H2,1-6H3. The third-order valence-corrected chi connectivity index (χ3v) is 3.99. The lowest BCUT2D eigenvalue weighted by Crippen LogP contribution is -2.52. The van der Waals surface area contributed by atoms with E-state index in [2.05, 4.69) is 65.1 Å². The molecule has 1 N–H and O–H groups in total. The lowest BCUT2D eigenvalue weighted by molar-refractivity contribution is 0.128. The van der Waals surface area contributed by atoms with Crippen molar-refractivity contribution in [2.75, 3.05) is 6.54 Å². The van der Waals surface area contributed by atoms with Gasteiger partial charge < -0.3 is 5.32 Å². The number of benzene rings is 1. The van der Waals surface area contributed by atoms with Crippen molar-refractivity contribution in [1.82, 2.24) is 5.32 Å². The van der Waals surface area contributed by atoms with Crippen LogP contribution in [0.2, 0.25) is 0 Å². The second-order valence-electron chi connectivity index (χ2n) is 7.12. The lowest BCUT2D eigenvalue weighted by Gasteiger charge is -2.46. The van der Waals surface area contributed by atoms with Crippen LogP contribution in [0.15, 0.2) is 18.2 Å². The molecule has 1 unspecified atom stereocenters. The first-order valence-electron chi connectivity index (χ1n) is 6.56. The molecule has 0 aliphatic carbocycles. The van der Waals surface area contributed by atoms with Crippen molar-refractivity contribution in [3.05, 3.63) is 34.9 Å². The average molecular weight is 231 g/mol. The fourth-order valence-corrected chi connectivity index (χ4v) is 2.61. The van der Waals surface area contributed by atoms with Crippen LogP contribution in [0.25, 0.3) is 0 Å². The summed E-state index contributed by atoms with van der Waals surface area (Å²) in [5.74, 6) is 0. The van der Waals surface area contributed by atoms with E-state index in [9.17, 15) is 0 Å². The third kappa shape index (κ3) is 2.26. The first-order chi connectivity index (χ1) is 7.72. The molecule has 0 spiro atoms. The summed E-state index contributed by atoms with van der Waals surface area (Å²) in [6.45, 7) is 14.8. The number of hydrogen-bond acceptors (Lipinski definition) is 1. The Morgan fingerprint density at radius 1 is 1.24 bits per heavy atom. The molecule has 1 aromatic carbocycles. The van der Waals surface area contributed by atoms with E-state index in [1.165, 1.54) is 16.7 Å². The Balaban J connectivity index is 2.33. The second-order valence-corrected chi connectivity index (χ2v) is 7.12. The number of rotatable bonds is 1. The van der Waals surface area contributed by atoms with E-state index in [4.69, 9.17) is 0 Å². The minimum atomic E-state index is 0.242. The SMILES string of the molecule is Cc1cc(C(C)(C)C)ccc1C1NCC1(C)C. The molecule has 1 fully saturated rings. The predicted molar refractivity (Wildman–Crippen MR) is 74.4 cm³/mol. The predicted octanol–water partition coefficient (Wildman–Crippen LogP) is 3.96. The molecule has 1 heteroatoms. The van der Waals surface area contributed by atoms with Gasteiger partial charge in [-0.3, -0.25) is 0 Å². The van der Waals surface area contributed by atoms with Gasteiger partial charge in [-0.1, -0.05) is 52.8 Å². The third-order valence-electron chi connectivity index (χ3n) is 3.99. The monoisotopic (exact) mass is 231 g/mol. The summed E-state index contributed by atoms with van der Waals surface area (Å²) in [5.41, 5.74) is 4.95. The zero-order chi connectivity index (χ0) is 12.8. The first-order valence-corrected chi connectivity index (χ1v) is 6.56. The Labute approximate surface area is 106 Å². The van der Waals surface area contributed by atoms with Crippen LogP contribution < -0.4 is 5.32 Å². The average Bonchev–Trinajstić information content (AvgIpc) is 2.18. The second kappa shape index (κ2) is 3.84. The van der Waals surface area contributed by atoms with Crippen LogP contribution in [-0.2, 0) is 5.41 Å². The van der Waals surface area contributed by atoms with Crippen LogP contribution in [0.5, 0.6) is 0 Å². The van der Waals surface area contributed by atoms with E-state index < -0.39 is 0 Å². The van der Waals surface area contributed by atoms with E-state index in [0.717, 1.165) is 6.54 Å². The van der Waals surface area contributed by atoms with Crippen molar-refractivity contribution in [2.45, 2.75) is 53.0 Å². The summed E-state index contributed by atoms with van der Waals surface area (Å²) < 4.78 is 0. The van der Waals surface area contributed by atoms with Crippen molar-refractivity contribution in [3.8, 4) is 0 Å². The van der Waals surface area contributed by atoms with Crippen LogP contribution in [0, 0.1) is 12.3 Å². The Bertz CT molecular complexity index is 424. The molecule has 1 nitrogen and oxygen atoms in total. The highest BCUT2D eigenvalue weighted by Gasteiger charge is 2.39. The van der Waals surface area contributed by atoms with Crippen LogP contribution in [-0.4, -0.2) is 6.54 Å². The fraction of sp³-hybridized carbons (Fsp3) is 0.625. The van der Waals surface area contributed by atoms with Gasteiger partial charge in [-0.15, -0.1) is 0 Å². The summed E-state index contributed by atoms with van der Waals surface area (Å²) in [5, 5.41) is 3.55. The topological polar surface area (TPSA) is 12.0 Å². The van der Waals surface area contributed by atoms with Gasteiger partial charge in [-0.2, -0.15) is 0 Å². The van der Waals surface area contributed by atoms with Gasteiger partial charge in [0.2, 0.25) is 0 Å². The summed E-state index contributed by atoms with van der Waals surface area (Å²) in [7, 11) is 0. The van der Waals surface area contributed by atoms with Gasteiger partial charge in [0.15, 0.2) is 0 Å². The van der Waals surface area contributed by atoms with E-state index >= 15 is 0 Å². The molecule has 1 aliphatic rings. The van der Waals surface area contributed by atoms with Crippen molar-refractivity contribution < 1.29 is 0 Å². The van der Waals surface area contributed by atoms with Gasteiger partial charge in [0, 0.05) is 12.6 Å². The summed E-state index contributed by atoms with van der Waals surface area (Å²) >= 11 is 0. The minimum Gasteiger partial charge on any atom is -0.309 e. The van der Waals surface area contributed by atoms with Gasteiger partial charge in [0.25, 0.3) is 0 Å². The highest BCUT2D eigenvalue weighted by Crippen LogP contribution is 2.41. The Morgan fingerprint density at radius 3 is 2.24 bits per heavy atom. The van der Waals surface area contributed by atoms with Gasteiger partial charge in [0.05, 0.1) is 0 Å². The molecular formula is C16H25N. The zero-order valence-corrected chi connectivity index (χ0v) is 12.0. The molecule has 1 aromatic rings. The summed E-state index contributed by atoms with van der Waals surface area (Å²) in [6, 6.07) is 7.48. The maximum absolute atomic E-state index is 3.55. The zero-order valence-electron chi connectivity index (χ0n) is 12.0. The molecule has 0 aromatic heterocycles. The largest absolute Gasteiger partial charge is 0.309 e. The normalized spacial score (nSPS) is 23.3. The minimum absolute atomic E-state index is 0.242. The van der Waals surface area contributed by atoms with Gasteiger partial charge >= 0.3 is 0 Å². The first kappa shape index (κ1) is 12.6. The smallest absolute Gasteiger partial charge is 0.0386 e. The fourth-order valence-electron chi connectivity index (χ4n) is 2.61. The highest BCUT2D eigenvalue weighted by molar-refractivity contribution is 5.38. The summed E-state index contributed by atoms with van der Waals surface area (Å²) in [6.07, 6.45) is 0. The molecule has 1 aliphatic heterocycles. The molecular weight excluding hydrogens is 206 g/mol. The lowest BCUT2D eigenvalue weighted by atomic mass is 9.72. The molecule has 94 valence electrons. The van der Waals surface area contributed by atoms with Crippen LogP contribution >= 0.6 is 0 Å². The van der Waals surface area contributed by atoms with Crippen molar-refractivity contribution in [2.24, 2.45) is 5.41 Å². The molecule has 0 saturated carbocycles. The Kier molecular flexibility index (Phi) is 2.86. The number of aryl methyl sites for hydroxylation is 1. The Morgan fingerprint density at radius 2 is 1.88 bits per heavy atom. The van der Waals surface area contributed by atoms with E-state index in [1.807, 2.05) is 0 Å². The van der Waals surface area contributed by atoms with E-state index in [1.54, 1.807) is 0 Å². The van der Waals surface area contributed by atoms with Crippen LogP contribution in [0.3, 0.4) is 0 Å². The molecule has 1 saturated heterocycles. The van der Waals surface area contributed by atoms with E-state index in [-0.39, 0.29) is 5.41 Å². The molecule has 1 heterocycles. The number of nitrogens with one attached hydrogen (secondary N) is 1. The van der Waals surface area contributed by atoms with Crippen LogP contribution in [0.1, 0.15) is 57.4 Å². The molecule has 0 amide bonds. The Hall–Kier alpha value is -0.820. The molecule has 1 atom stereocenters. The highest BCUT2D eigenvalue weighted by atomic mass is 15.0. The molecule has 2 rings (SSSR count). The van der Waals surface area contributed by atoms with Crippen molar-refractivity contribution >= 4 is 0 Å². The molecule has 0 radical (unpaired) electrons. The van der Waals surface area contributed by atoms with Gasteiger partial charge in [0.1, 0.15) is 0 Å². The van der Waals surface area contributed by atoms with Gasteiger partial charge in [-0.05, 0) is 34.4 Å². The maximum Gasteiger partial charge on any atom is 0.0386 e. The molecule has 0 bridgehead atoms. The summed E-state index contributed by atoms with van der Waals surface area (Å²) in [4.78, 5) is 0. The maximum atomic E-state index is 3.55. The van der Waals surface area contributed by atoms with Crippen molar-refractivity contribution in [3.63, 3.8) is 0 Å². The van der Waals surface area contributed by atoms with Gasteiger partial charge in [-0.25, -0.2) is 0 Å². The quantitative estimate of drug-likeness (QED) is 0.771. The van der Waals surface area contributed by atoms with Crippen LogP contribution in [0.4, 0.5) is 0 Å². The van der Waals surface area contributed by atoms with Crippen molar-refractivity contribution in [1.29, 1.82) is 0 Å². The number of hydrogen-bond donors (Lipinski definition) is 1.